The first kappa shape index (κ1) is 28.2. The van der Waals surface area contributed by atoms with Crippen LogP contribution in [0.2, 0.25) is 10.0 Å². The summed E-state index contributed by atoms with van der Waals surface area (Å²) in [6.45, 7) is 1.98. The minimum atomic E-state index is -0.463. The minimum absolute atomic E-state index is 0.0732. The van der Waals surface area contributed by atoms with E-state index < -0.39 is 5.91 Å². The summed E-state index contributed by atoms with van der Waals surface area (Å²) < 4.78 is 0. The Balaban J connectivity index is 1.43. The molecule has 0 heterocycles. The molecule has 0 aliphatic carbocycles. The molecule has 5 nitrogen and oxygen atoms in total. The van der Waals surface area contributed by atoms with Gasteiger partial charge in [0, 0.05) is 21.7 Å². The van der Waals surface area contributed by atoms with E-state index in [-0.39, 0.29) is 23.1 Å². The average molecular weight is 576 g/mol. The molecule has 0 unspecified atom stereocenters. The number of carbonyl (C=O) groups excluding carboxylic acids is 3. The van der Waals surface area contributed by atoms with Crippen LogP contribution in [-0.2, 0) is 4.79 Å². The third-order valence-electron chi connectivity index (χ3n) is 5.64. The number of hydrogen-bond donors (Lipinski definition) is 2. The van der Waals surface area contributed by atoms with Crippen LogP contribution in [-0.4, -0.2) is 23.4 Å². The van der Waals surface area contributed by atoms with E-state index in [0.29, 0.717) is 26.9 Å². The molecule has 0 aliphatic rings. The van der Waals surface area contributed by atoms with Crippen LogP contribution >= 0.6 is 35.0 Å². The summed E-state index contributed by atoms with van der Waals surface area (Å²) in [5, 5.41) is 6.30. The van der Waals surface area contributed by atoms with Gasteiger partial charge in [-0.25, -0.2) is 0 Å². The van der Waals surface area contributed by atoms with Gasteiger partial charge in [0.05, 0.1) is 15.8 Å². The molecule has 0 saturated carbocycles. The lowest BCUT2D eigenvalue weighted by atomic mass is 10.1. The number of Topliss-reactive ketones (excluding diaryl/α,β-unsaturated/α-hetero) is 1. The summed E-state index contributed by atoms with van der Waals surface area (Å²) in [5.74, 6) is -0.702. The molecule has 0 fully saturated rings. The fourth-order valence-electron chi connectivity index (χ4n) is 3.51. The smallest absolute Gasteiger partial charge is 0.272 e. The fourth-order valence-corrected chi connectivity index (χ4v) is 4.60. The number of anilines is 1. The Morgan fingerprint density at radius 2 is 1.49 bits per heavy atom. The Morgan fingerprint density at radius 3 is 2.15 bits per heavy atom. The summed E-state index contributed by atoms with van der Waals surface area (Å²) >= 11 is 13.3. The van der Waals surface area contributed by atoms with Crippen molar-refractivity contribution in [3.8, 4) is 0 Å². The van der Waals surface area contributed by atoms with Gasteiger partial charge in [0.1, 0.15) is 5.70 Å². The molecule has 0 spiro atoms. The predicted molar refractivity (Wildman–Crippen MR) is 160 cm³/mol. The first-order chi connectivity index (χ1) is 18.8. The van der Waals surface area contributed by atoms with E-state index >= 15 is 0 Å². The van der Waals surface area contributed by atoms with Crippen molar-refractivity contribution in [3.63, 3.8) is 0 Å². The highest BCUT2D eigenvalue weighted by Gasteiger charge is 2.15. The van der Waals surface area contributed by atoms with E-state index in [1.54, 1.807) is 60.7 Å². The molecule has 4 aromatic carbocycles. The van der Waals surface area contributed by atoms with Gasteiger partial charge in [-0.2, -0.15) is 0 Å². The van der Waals surface area contributed by atoms with Crippen LogP contribution in [0.15, 0.2) is 108 Å². The molecular formula is C31H24Cl2N2O3S. The Bertz CT molecular complexity index is 1520. The third-order valence-corrected chi connectivity index (χ3v) is 7.39. The summed E-state index contributed by atoms with van der Waals surface area (Å²) in [6.07, 6.45) is 1.63. The normalized spacial score (nSPS) is 11.1. The van der Waals surface area contributed by atoms with Gasteiger partial charge in [0.2, 0.25) is 0 Å². The van der Waals surface area contributed by atoms with Gasteiger partial charge in [-0.05, 0) is 73.2 Å². The van der Waals surface area contributed by atoms with Crippen LogP contribution in [0.5, 0.6) is 0 Å². The number of rotatable bonds is 9. The van der Waals surface area contributed by atoms with E-state index in [0.717, 1.165) is 16.0 Å². The Labute approximate surface area is 241 Å². The molecule has 2 amide bonds. The van der Waals surface area contributed by atoms with Gasteiger partial charge < -0.3 is 10.6 Å². The molecule has 0 aromatic heterocycles. The van der Waals surface area contributed by atoms with Gasteiger partial charge in [0.15, 0.2) is 5.78 Å². The number of aryl methyl sites for hydroxylation is 1. The molecular weight excluding hydrogens is 551 g/mol. The maximum absolute atomic E-state index is 13.2. The van der Waals surface area contributed by atoms with E-state index in [9.17, 15) is 14.4 Å². The highest BCUT2D eigenvalue weighted by molar-refractivity contribution is 8.00. The molecule has 8 heteroatoms. The lowest BCUT2D eigenvalue weighted by Gasteiger charge is -2.12. The summed E-state index contributed by atoms with van der Waals surface area (Å²) in [6, 6.07) is 28.2. The topological polar surface area (TPSA) is 75.3 Å². The number of halogens is 2. The summed E-state index contributed by atoms with van der Waals surface area (Å²) in [7, 11) is 0. The number of thioether (sulfide) groups is 1. The second-order valence-corrected chi connectivity index (χ2v) is 10.5. The molecule has 0 atom stereocenters. The standard InChI is InChI=1S/C31H24Cl2N2O3S/c1-20-7-9-21(10-8-20)17-28(35-30(37)22-5-3-2-4-6-22)31(38)34-24-12-14-25(15-13-24)39-19-29(36)23-11-16-26(32)27(33)18-23/h2-18H,19H2,1H3,(H,34,38)(H,35,37)/b28-17-. The van der Waals surface area contributed by atoms with Crippen molar-refractivity contribution in [2.45, 2.75) is 11.8 Å². The highest BCUT2D eigenvalue weighted by Crippen LogP contribution is 2.25. The molecule has 2 N–H and O–H groups in total. The van der Waals surface area contributed by atoms with Crippen molar-refractivity contribution in [2.24, 2.45) is 0 Å². The van der Waals surface area contributed by atoms with Crippen LogP contribution < -0.4 is 10.6 Å². The molecule has 39 heavy (non-hydrogen) atoms. The average Bonchev–Trinajstić information content (AvgIpc) is 2.95. The van der Waals surface area contributed by atoms with E-state index in [2.05, 4.69) is 10.6 Å². The Morgan fingerprint density at radius 1 is 0.795 bits per heavy atom. The maximum atomic E-state index is 13.2. The second kappa shape index (κ2) is 13.3. The van der Waals surface area contributed by atoms with Crippen molar-refractivity contribution in [1.82, 2.24) is 5.32 Å². The van der Waals surface area contributed by atoms with Gasteiger partial charge >= 0.3 is 0 Å². The number of carbonyl (C=O) groups is 3. The lowest BCUT2D eigenvalue weighted by molar-refractivity contribution is -0.113. The third kappa shape index (κ3) is 8.07. The van der Waals surface area contributed by atoms with Crippen LogP contribution in [0.1, 0.15) is 31.8 Å². The molecule has 0 saturated heterocycles. The zero-order chi connectivity index (χ0) is 27.8. The van der Waals surface area contributed by atoms with Crippen molar-refractivity contribution in [3.05, 3.63) is 135 Å². The molecule has 196 valence electrons. The quantitative estimate of drug-likeness (QED) is 0.122. The van der Waals surface area contributed by atoms with E-state index in [1.807, 2.05) is 49.4 Å². The fraction of sp³-hybridized carbons (Fsp3) is 0.0645. The van der Waals surface area contributed by atoms with Gasteiger partial charge in [-0.1, -0.05) is 71.2 Å². The Kier molecular flexibility index (Phi) is 9.60. The van der Waals surface area contributed by atoms with Crippen LogP contribution in [0.3, 0.4) is 0 Å². The van der Waals surface area contributed by atoms with Crippen molar-refractivity contribution >= 4 is 64.3 Å². The van der Waals surface area contributed by atoms with Crippen molar-refractivity contribution in [1.29, 1.82) is 0 Å². The highest BCUT2D eigenvalue weighted by atomic mass is 35.5. The van der Waals surface area contributed by atoms with Gasteiger partial charge in [-0.3, -0.25) is 14.4 Å². The van der Waals surface area contributed by atoms with Crippen LogP contribution in [0, 0.1) is 6.92 Å². The zero-order valence-electron chi connectivity index (χ0n) is 20.9. The SMILES string of the molecule is Cc1ccc(/C=C(\NC(=O)c2ccccc2)C(=O)Nc2ccc(SCC(=O)c3ccc(Cl)c(Cl)c3)cc2)cc1. The number of hydrogen-bond acceptors (Lipinski definition) is 4. The molecule has 0 bridgehead atoms. The lowest BCUT2D eigenvalue weighted by Crippen LogP contribution is -2.30. The first-order valence-electron chi connectivity index (χ1n) is 12.0. The molecule has 4 rings (SSSR count). The molecule has 0 aliphatic heterocycles. The van der Waals surface area contributed by atoms with Crippen LogP contribution in [0.25, 0.3) is 6.08 Å². The number of ketones is 1. The van der Waals surface area contributed by atoms with Crippen LogP contribution in [0.4, 0.5) is 5.69 Å². The second-order valence-electron chi connectivity index (χ2n) is 8.61. The van der Waals surface area contributed by atoms with E-state index in [1.165, 1.54) is 11.8 Å². The van der Waals surface area contributed by atoms with E-state index in [4.69, 9.17) is 23.2 Å². The number of nitrogens with one attached hydrogen (secondary N) is 2. The first-order valence-corrected chi connectivity index (χ1v) is 13.7. The summed E-state index contributed by atoms with van der Waals surface area (Å²) in [4.78, 5) is 39.3. The Hall–Kier alpha value is -3.84. The maximum Gasteiger partial charge on any atom is 0.272 e. The van der Waals surface area contributed by atoms with Crippen molar-refractivity contribution in [2.75, 3.05) is 11.1 Å². The predicted octanol–water partition coefficient (Wildman–Crippen LogP) is 7.69. The van der Waals surface area contributed by atoms with Gasteiger partial charge in [0.25, 0.3) is 11.8 Å². The minimum Gasteiger partial charge on any atom is -0.321 e. The van der Waals surface area contributed by atoms with Crippen molar-refractivity contribution < 1.29 is 14.4 Å². The van der Waals surface area contributed by atoms with Gasteiger partial charge in [-0.15, -0.1) is 11.8 Å². The molecule has 0 radical (unpaired) electrons. The monoisotopic (exact) mass is 574 g/mol. The molecule has 4 aromatic rings. The zero-order valence-corrected chi connectivity index (χ0v) is 23.2. The largest absolute Gasteiger partial charge is 0.321 e. The number of amides is 2. The number of benzene rings is 4. The summed E-state index contributed by atoms with van der Waals surface area (Å²) in [5.41, 5.74) is 3.45.